The summed E-state index contributed by atoms with van der Waals surface area (Å²) >= 11 is 1.59. The van der Waals surface area contributed by atoms with Gasteiger partial charge in [-0.25, -0.2) is 0 Å². The van der Waals surface area contributed by atoms with Gasteiger partial charge in [0, 0.05) is 6.04 Å². The van der Waals surface area contributed by atoms with Gasteiger partial charge in [0.1, 0.15) is 0 Å². The SMILES string of the molecule is CCc1nnsc1C(CC1CC2CCC1C2)NC. The predicted octanol–water partition coefficient (Wildman–Crippen LogP) is 3.19. The van der Waals surface area contributed by atoms with Gasteiger partial charge in [0.15, 0.2) is 0 Å². The average molecular weight is 265 g/mol. The molecule has 18 heavy (non-hydrogen) atoms. The Kier molecular flexibility index (Phi) is 3.66. The van der Waals surface area contributed by atoms with Crippen LogP contribution in [-0.2, 0) is 6.42 Å². The van der Waals surface area contributed by atoms with Crippen LogP contribution in [0.4, 0.5) is 0 Å². The van der Waals surface area contributed by atoms with Gasteiger partial charge in [-0.1, -0.05) is 17.8 Å². The molecule has 2 bridgehead atoms. The number of aromatic nitrogens is 2. The summed E-state index contributed by atoms with van der Waals surface area (Å²) in [5.41, 5.74) is 1.20. The molecule has 3 rings (SSSR count). The van der Waals surface area contributed by atoms with Crippen molar-refractivity contribution < 1.29 is 0 Å². The summed E-state index contributed by atoms with van der Waals surface area (Å²) < 4.78 is 4.14. The lowest BCUT2D eigenvalue weighted by Gasteiger charge is -2.26. The lowest BCUT2D eigenvalue weighted by atomic mass is 9.84. The van der Waals surface area contributed by atoms with Crippen LogP contribution < -0.4 is 5.32 Å². The average Bonchev–Trinajstić information content (AvgIpc) is 3.10. The van der Waals surface area contributed by atoms with Crippen LogP contribution in [0.15, 0.2) is 0 Å². The molecule has 4 heteroatoms. The van der Waals surface area contributed by atoms with Crippen molar-refractivity contribution in [2.24, 2.45) is 17.8 Å². The number of hydrogen-bond donors (Lipinski definition) is 1. The van der Waals surface area contributed by atoms with Gasteiger partial charge < -0.3 is 5.32 Å². The van der Waals surface area contributed by atoms with Gasteiger partial charge in [0.05, 0.1) is 10.6 Å². The molecule has 0 saturated heterocycles. The first-order valence-corrected chi connectivity index (χ1v) is 8.07. The molecule has 4 unspecified atom stereocenters. The first kappa shape index (κ1) is 12.5. The molecule has 2 fully saturated rings. The first-order valence-electron chi connectivity index (χ1n) is 7.30. The molecule has 4 atom stereocenters. The van der Waals surface area contributed by atoms with Crippen LogP contribution in [0.3, 0.4) is 0 Å². The second-order valence-electron chi connectivity index (χ2n) is 5.95. The molecule has 0 amide bonds. The Morgan fingerprint density at radius 3 is 2.89 bits per heavy atom. The van der Waals surface area contributed by atoms with E-state index in [0.29, 0.717) is 6.04 Å². The molecule has 0 aliphatic heterocycles. The Hall–Kier alpha value is -0.480. The number of rotatable bonds is 5. The first-order chi connectivity index (χ1) is 8.81. The van der Waals surface area contributed by atoms with Gasteiger partial charge in [-0.05, 0) is 68.4 Å². The number of nitrogens with zero attached hydrogens (tertiary/aromatic N) is 2. The summed E-state index contributed by atoms with van der Waals surface area (Å²) in [5.74, 6) is 2.99. The van der Waals surface area contributed by atoms with E-state index in [1.807, 2.05) is 0 Å². The third-order valence-electron chi connectivity index (χ3n) is 5.01. The molecule has 100 valence electrons. The molecule has 2 saturated carbocycles. The van der Waals surface area contributed by atoms with Crippen LogP contribution in [0, 0.1) is 17.8 Å². The van der Waals surface area contributed by atoms with E-state index in [1.165, 1.54) is 42.7 Å². The second kappa shape index (κ2) is 5.25. The van der Waals surface area contributed by atoms with Crippen molar-refractivity contribution in [3.8, 4) is 0 Å². The zero-order valence-electron chi connectivity index (χ0n) is 11.4. The second-order valence-corrected chi connectivity index (χ2v) is 6.74. The Labute approximate surface area is 114 Å². The van der Waals surface area contributed by atoms with Gasteiger partial charge in [0.25, 0.3) is 0 Å². The molecular formula is C14H23N3S. The highest BCUT2D eigenvalue weighted by atomic mass is 32.1. The summed E-state index contributed by atoms with van der Waals surface area (Å²) in [6.45, 7) is 2.17. The summed E-state index contributed by atoms with van der Waals surface area (Å²) in [6, 6.07) is 0.476. The third kappa shape index (κ3) is 2.21. The van der Waals surface area contributed by atoms with Crippen LogP contribution in [0.1, 0.15) is 55.6 Å². The maximum absolute atomic E-state index is 4.25. The highest BCUT2D eigenvalue weighted by molar-refractivity contribution is 7.05. The fraction of sp³-hybridized carbons (Fsp3) is 0.857. The number of hydrogen-bond acceptors (Lipinski definition) is 4. The molecule has 1 heterocycles. The molecule has 1 aromatic rings. The molecule has 0 radical (unpaired) electrons. The van der Waals surface area contributed by atoms with E-state index < -0.39 is 0 Å². The highest BCUT2D eigenvalue weighted by Crippen LogP contribution is 2.51. The Balaban J connectivity index is 1.69. The van der Waals surface area contributed by atoms with E-state index in [-0.39, 0.29) is 0 Å². The van der Waals surface area contributed by atoms with Crippen molar-refractivity contribution in [2.45, 2.75) is 51.5 Å². The summed E-state index contributed by atoms with van der Waals surface area (Å²) in [5, 5.41) is 7.75. The monoisotopic (exact) mass is 265 g/mol. The van der Waals surface area contributed by atoms with Gasteiger partial charge in [-0.2, -0.15) is 0 Å². The van der Waals surface area contributed by atoms with Crippen LogP contribution in [0.25, 0.3) is 0 Å². The molecular weight excluding hydrogens is 242 g/mol. The van der Waals surface area contributed by atoms with Gasteiger partial charge in [-0.15, -0.1) is 5.10 Å². The maximum Gasteiger partial charge on any atom is 0.0800 e. The number of nitrogens with one attached hydrogen (secondary N) is 1. The molecule has 2 aliphatic carbocycles. The fourth-order valence-corrected chi connectivity index (χ4v) is 4.91. The molecule has 1 N–H and O–H groups in total. The van der Waals surface area contributed by atoms with E-state index in [4.69, 9.17) is 0 Å². The quantitative estimate of drug-likeness (QED) is 0.888. The van der Waals surface area contributed by atoms with E-state index in [2.05, 4.69) is 28.9 Å². The molecule has 0 aromatic carbocycles. The molecule has 1 aromatic heterocycles. The van der Waals surface area contributed by atoms with E-state index in [9.17, 15) is 0 Å². The smallest absolute Gasteiger partial charge is 0.0800 e. The van der Waals surface area contributed by atoms with Gasteiger partial charge in [0.2, 0.25) is 0 Å². The Morgan fingerprint density at radius 2 is 2.28 bits per heavy atom. The van der Waals surface area contributed by atoms with Crippen molar-refractivity contribution in [3.05, 3.63) is 10.6 Å². The number of aryl methyl sites for hydroxylation is 1. The van der Waals surface area contributed by atoms with Crippen molar-refractivity contribution in [1.82, 2.24) is 14.9 Å². The predicted molar refractivity (Wildman–Crippen MR) is 74.6 cm³/mol. The summed E-state index contributed by atoms with van der Waals surface area (Å²) in [6.07, 6.45) is 8.23. The van der Waals surface area contributed by atoms with Crippen molar-refractivity contribution in [3.63, 3.8) is 0 Å². The Morgan fingerprint density at radius 1 is 1.39 bits per heavy atom. The molecule has 0 spiro atoms. The van der Waals surface area contributed by atoms with E-state index in [0.717, 1.165) is 24.2 Å². The largest absolute Gasteiger partial charge is 0.312 e. The fourth-order valence-electron chi connectivity index (χ4n) is 4.05. The van der Waals surface area contributed by atoms with Crippen LogP contribution in [0.5, 0.6) is 0 Å². The van der Waals surface area contributed by atoms with Crippen LogP contribution in [-0.4, -0.2) is 16.6 Å². The number of fused-ring (bicyclic) bond motifs is 2. The normalized spacial score (nSPS) is 32.0. The minimum absolute atomic E-state index is 0.476. The zero-order valence-corrected chi connectivity index (χ0v) is 12.2. The van der Waals surface area contributed by atoms with Crippen molar-refractivity contribution in [1.29, 1.82) is 0 Å². The van der Waals surface area contributed by atoms with Crippen molar-refractivity contribution in [2.75, 3.05) is 7.05 Å². The highest BCUT2D eigenvalue weighted by Gasteiger charge is 2.40. The third-order valence-corrected chi connectivity index (χ3v) is 5.89. The Bertz CT molecular complexity index is 403. The zero-order chi connectivity index (χ0) is 12.5. The van der Waals surface area contributed by atoms with Crippen molar-refractivity contribution >= 4 is 11.5 Å². The summed E-state index contributed by atoms with van der Waals surface area (Å²) in [4.78, 5) is 1.38. The van der Waals surface area contributed by atoms with Crippen LogP contribution in [0.2, 0.25) is 0 Å². The molecule has 2 aliphatic rings. The lowest BCUT2D eigenvalue weighted by Crippen LogP contribution is -2.22. The van der Waals surface area contributed by atoms with Crippen LogP contribution >= 0.6 is 11.5 Å². The topological polar surface area (TPSA) is 37.8 Å². The lowest BCUT2D eigenvalue weighted by molar-refractivity contribution is 0.285. The van der Waals surface area contributed by atoms with E-state index in [1.54, 1.807) is 11.5 Å². The van der Waals surface area contributed by atoms with Gasteiger partial charge >= 0.3 is 0 Å². The minimum Gasteiger partial charge on any atom is -0.312 e. The maximum atomic E-state index is 4.25. The standard InChI is InChI=1S/C14H23N3S/c1-3-12-14(18-17-16-12)13(15-2)8-11-7-9-4-5-10(11)6-9/h9-11,13,15H,3-8H2,1-2H3. The van der Waals surface area contributed by atoms with Gasteiger partial charge in [-0.3, -0.25) is 0 Å². The molecule has 3 nitrogen and oxygen atoms in total. The minimum atomic E-state index is 0.476. The van der Waals surface area contributed by atoms with E-state index >= 15 is 0 Å². The summed E-state index contributed by atoms with van der Waals surface area (Å²) in [7, 11) is 2.08.